The molecule has 4 fully saturated rings. The van der Waals surface area contributed by atoms with Crippen LogP contribution in [-0.4, -0.2) is 72.2 Å². The van der Waals surface area contributed by atoms with E-state index >= 15 is 0 Å². The summed E-state index contributed by atoms with van der Waals surface area (Å²) in [5, 5.41) is 6.33. The second kappa shape index (κ2) is 15.6. The van der Waals surface area contributed by atoms with E-state index in [0.717, 1.165) is 42.3 Å². The molecule has 1 saturated heterocycles. The maximum atomic E-state index is 14.4. The van der Waals surface area contributed by atoms with Gasteiger partial charge >= 0.3 is 6.09 Å². The number of alkyl carbamates (subject to hydrolysis) is 1. The van der Waals surface area contributed by atoms with Gasteiger partial charge in [-0.25, -0.2) is 18.2 Å². The van der Waals surface area contributed by atoms with E-state index in [4.69, 9.17) is 14.2 Å². The van der Waals surface area contributed by atoms with Crippen molar-refractivity contribution in [3.63, 3.8) is 0 Å². The van der Waals surface area contributed by atoms with Crippen LogP contribution in [0.3, 0.4) is 0 Å². The fraction of sp³-hybridized carbons (Fsp3) is 0.718. The number of nitrogens with zero attached hydrogens (tertiary/aromatic N) is 1. The molecule has 1 aromatic carbocycles. The van der Waals surface area contributed by atoms with Gasteiger partial charge in [-0.2, -0.15) is 0 Å². The summed E-state index contributed by atoms with van der Waals surface area (Å²) in [6, 6.07) is 4.77. The summed E-state index contributed by atoms with van der Waals surface area (Å²) in [6.07, 6.45) is 5.93. The van der Waals surface area contributed by atoms with Crippen molar-refractivity contribution >= 4 is 55.3 Å². The van der Waals surface area contributed by atoms with Gasteiger partial charge in [-0.1, -0.05) is 50.4 Å². The van der Waals surface area contributed by atoms with Gasteiger partial charge < -0.3 is 24.8 Å². The van der Waals surface area contributed by atoms with Crippen LogP contribution in [0.1, 0.15) is 118 Å². The number of Topliss-reactive ketones (excluding diaryl/α,β-unsaturated/α-hetero) is 1. The molecule has 3 amide bonds. The van der Waals surface area contributed by atoms with Crippen LogP contribution >= 0.6 is 11.3 Å². The van der Waals surface area contributed by atoms with E-state index in [1.807, 2.05) is 18.2 Å². The molecule has 2 heterocycles. The quantitative estimate of drug-likeness (QED) is 0.293. The lowest BCUT2D eigenvalue weighted by Gasteiger charge is -2.27. The van der Waals surface area contributed by atoms with E-state index in [2.05, 4.69) is 27.3 Å². The number of sulfonamides is 1. The number of hydrogen-bond donors (Lipinski definition) is 3. The van der Waals surface area contributed by atoms with Crippen molar-refractivity contribution in [2.45, 2.75) is 146 Å². The first-order valence-corrected chi connectivity index (χ1v) is 21.8. The van der Waals surface area contributed by atoms with Gasteiger partial charge in [0.05, 0.1) is 28.1 Å². The Hall–Kier alpha value is -3.46. The number of carbonyl (C=O) groups is 4. The molecule has 0 spiro atoms. The number of hydrogen-bond acceptors (Lipinski definition) is 11. The largest absolute Gasteiger partial charge is 0.497 e. The Labute approximate surface area is 322 Å². The zero-order valence-corrected chi connectivity index (χ0v) is 34.0. The number of benzene rings is 1. The highest BCUT2D eigenvalue weighted by Crippen LogP contribution is 2.51. The molecule has 2 unspecified atom stereocenters. The van der Waals surface area contributed by atoms with Gasteiger partial charge in [-0.3, -0.25) is 19.1 Å². The van der Waals surface area contributed by atoms with Crippen molar-refractivity contribution in [1.82, 2.24) is 20.3 Å². The molecule has 54 heavy (non-hydrogen) atoms. The number of thiazole rings is 1. The van der Waals surface area contributed by atoms with Crippen LogP contribution in [0.2, 0.25) is 0 Å². The fourth-order valence-electron chi connectivity index (χ4n) is 8.09. The number of amides is 3. The molecule has 4 aliphatic rings. The molecule has 2 aromatic rings. The Morgan fingerprint density at radius 2 is 1.69 bits per heavy atom. The first-order chi connectivity index (χ1) is 25.4. The van der Waals surface area contributed by atoms with Crippen molar-refractivity contribution in [3.05, 3.63) is 18.2 Å². The number of rotatable bonds is 7. The summed E-state index contributed by atoms with van der Waals surface area (Å²) in [5.74, 6) is -1.80. The molecule has 15 heteroatoms. The van der Waals surface area contributed by atoms with Crippen molar-refractivity contribution in [1.29, 1.82) is 0 Å². The Kier molecular flexibility index (Phi) is 11.6. The molecule has 2 bridgehead atoms. The number of aromatic nitrogens is 1. The average Bonchev–Trinajstić information content (AvgIpc) is 4.00. The molecule has 0 radical (unpaired) electrons. The third-order valence-corrected chi connectivity index (χ3v) is 14.9. The van der Waals surface area contributed by atoms with Crippen molar-refractivity contribution in [2.75, 3.05) is 7.11 Å². The lowest BCUT2D eigenvalue weighted by molar-refractivity contribution is -0.132. The lowest BCUT2D eigenvalue weighted by Crippen LogP contribution is -2.55. The van der Waals surface area contributed by atoms with Gasteiger partial charge in [0.2, 0.25) is 15.9 Å². The highest BCUT2D eigenvalue weighted by molar-refractivity contribution is 7.91. The minimum atomic E-state index is -3.92. The van der Waals surface area contributed by atoms with Gasteiger partial charge in [-0.05, 0) is 109 Å². The average molecular weight is 789 g/mol. The predicted molar refractivity (Wildman–Crippen MR) is 205 cm³/mol. The number of ketones is 1. The Bertz CT molecular complexity index is 1850. The summed E-state index contributed by atoms with van der Waals surface area (Å²) < 4.78 is 46.1. The monoisotopic (exact) mass is 788 g/mol. The van der Waals surface area contributed by atoms with Crippen molar-refractivity contribution in [2.24, 2.45) is 23.7 Å². The zero-order chi connectivity index (χ0) is 39.1. The van der Waals surface area contributed by atoms with Crippen molar-refractivity contribution < 1.29 is 41.8 Å². The summed E-state index contributed by atoms with van der Waals surface area (Å²) >= 11 is 1.34. The molecule has 6 rings (SSSR count). The van der Waals surface area contributed by atoms with Crippen LogP contribution in [0.25, 0.3) is 10.2 Å². The van der Waals surface area contributed by atoms with Crippen LogP contribution in [0.15, 0.2) is 18.2 Å². The smallest absolute Gasteiger partial charge is 0.408 e. The van der Waals surface area contributed by atoms with Gasteiger partial charge in [0, 0.05) is 11.8 Å². The summed E-state index contributed by atoms with van der Waals surface area (Å²) in [4.78, 5) is 60.3. The molecular weight excluding hydrogens is 733 g/mol. The Morgan fingerprint density at radius 1 is 1.00 bits per heavy atom. The normalized spacial score (nSPS) is 30.6. The van der Waals surface area contributed by atoms with E-state index in [-0.39, 0.29) is 29.9 Å². The van der Waals surface area contributed by atoms with E-state index < -0.39 is 61.9 Å². The number of ether oxygens (including phenoxy) is 3. The fourth-order valence-corrected chi connectivity index (χ4v) is 10.3. The highest BCUT2D eigenvalue weighted by atomic mass is 32.2. The SMILES string of the molecule is COc1ccc2nc(O[C@H]3CC4CC[C@@H](C3)C(=O)N[C@]3(C(=O)NS(=O)(=O)C5(C)CC5)C[C@H]3C(C)CCCCCC[C@H](NC(=O)OC(C)(C)C)C4=O)sc2c1. The Morgan fingerprint density at radius 3 is 2.37 bits per heavy atom. The van der Waals surface area contributed by atoms with Gasteiger partial charge in [0.15, 0.2) is 5.78 Å². The first kappa shape index (κ1) is 40.2. The Balaban J connectivity index is 1.29. The van der Waals surface area contributed by atoms with Crippen LogP contribution in [-0.2, 0) is 29.1 Å². The molecule has 298 valence electrons. The van der Waals surface area contributed by atoms with Crippen LogP contribution in [0, 0.1) is 23.7 Å². The van der Waals surface area contributed by atoms with Crippen LogP contribution < -0.4 is 24.8 Å². The standard InChI is InChI=1S/C39H56N4O9S2/c1-23-11-9-7-8-10-12-30(40-35(47)52-37(2,3)4)32(44)24-13-14-25(20-27(19-24)51-36-41-29-16-15-26(50-6)21-31(29)53-36)33(45)42-39(22-28(23)39)34(46)43-54(48,49)38(5)17-18-38/h15-16,21,23-25,27-28,30H,7-14,17-20,22H2,1-6H3,(H,40,47)(H,42,45)(H,43,46)/t23?,24?,25-,27-,28-,30-,39+/m0/s1. The molecular formula is C39H56N4O9S2. The van der Waals surface area contributed by atoms with Crippen LogP contribution in [0.5, 0.6) is 10.9 Å². The summed E-state index contributed by atoms with van der Waals surface area (Å²) in [7, 11) is -2.33. The maximum Gasteiger partial charge on any atom is 0.408 e. The number of fused-ring (bicyclic) bond motifs is 5. The van der Waals surface area contributed by atoms with E-state index in [1.165, 1.54) is 11.3 Å². The second-order valence-electron chi connectivity index (χ2n) is 17.2. The van der Waals surface area contributed by atoms with E-state index in [1.54, 1.807) is 34.8 Å². The molecule has 1 aliphatic heterocycles. The van der Waals surface area contributed by atoms with E-state index in [0.29, 0.717) is 55.9 Å². The molecule has 3 saturated carbocycles. The molecule has 3 N–H and O–H groups in total. The zero-order valence-electron chi connectivity index (χ0n) is 32.3. The lowest BCUT2D eigenvalue weighted by atomic mass is 9.88. The van der Waals surface area contributed by atoms with Gasteiger partial charge in [0.25, 0.3) is 11.1 Å². The molecule has 7 atom stereocenters. The van der Waals surface area contributed by atoms with Gasteiger partial charge in [-0.15, -0.1) is 0 Å². The van der Waals surface area contributed by atoms with Crippen LogP contribution in [0.4, 0.5) is 4.79 Å². The molecule has 1 aromatic heterocycles. The minimum absolute atomic E-state index is 0.0568. The highest BCUT2D eigenvalue weighted by Gasteiger charge is 2.64. The third-order valence-electron chi connectivity index (χ3n) is 11.8. The maximum absolute atomic E-state index is 14.4. The number of methoxy groups -OCH3 is 1. The predicted octanol–water partition coefficient (Wildman–Crippen LogP) is 6.18. The van der Waals surface area contributed by atoms with Crippen molar-refractivity contribution in [3.8, 4) is 10.9 Å². The first-order valence-electron chi connectivity index (χ1n) is 19.5. The van der Waals surface area contributed by atoms with Gasteiger partial charge in [0.1, 0.15) is 23.0 Å². The summed E-state index contributed by atoms with van der Waals surface area (Å²) in [5.41, 5.74) is -1.35. The molecule has 3 aliphatic carbocycles. The summed E-state index contributed by atoms with van der Waals surface area (Å²) in [6.45, 7) is 9.02. The minimum Gasteiger partial charge on any atom is -0.497 e. The second-order valence-corrected chi connectivity index (χ2v) is 20.4. The number of carbonyl (C=O) groups excluding carboxylic acids is 4. The topological polar surface area (TPSA) is 179 Å². The number of nitrogens with one attached hydrogen (secondary N) is 3. The third kappa shape index (κ3) is 9.14. The molecule has 13 nitrogen and oxygen atoms in total. The van der Waals surface area contributed by atoms with E-state index in [9.17, 15) is 27.6 Å².